The van der Waals surface area contributed by atoms with Gasteiger partial charge in [-0.1, -0.05) is 24.3 Å². The molecule has 0 bridgehead atoms. The minimum atomic E-state index is -1.47. The van der Waals surface area contributed by atoms with Crippen molar-refractivity contribution in [3.05, 3.63) is 59.3 Å². The largest absolute Gasteiger partial charge is 0.366 e. The molecule has 2 aromatic heterocycles. The highest BCUT2D eigenvalue weighted by Gasteiger charge is 2.25. The van der Waals surface area contributed by atoms with Gasteiger partial charge in [0.05, 0.1) is 5.69 Å². The zero-order valence-electron chi connectivity index (χ0n) is 17.4. The van der Waals surface area contributed by atoms with Gasteiger partial charge < -0.3 is 9.88 Å². The number of nitrogens with one attached hydrogen (secondary N) is 1. The average Bonchev–Trinajstić information content (AvgIpc) is 3.09. The highest BCUT2D eigenvalue weighted by Crippen LogP contribution is 2.30. The van der Waals surface area contributed by atoms with E-state index in [1.54, 1.807) is 0 Å². The maximum Gasteiger partial charge on any atom is 0.148 e. The summed E-state index contributed by atoms with van der Waals surface area (Å²) in [6, 6.07) is 8.39. The summed E-state index contributed by atoms with van der Waals surface area (Å²) in [5, 5.41) is 3.36. The van der Waals surface area contributed by atoms with Crippen LogP contribution in [0.5, 0.6) is 0 Å². The SMILES string of the molecule is Cc1ncc(C)c(NCc2ccc(-c3nc(C(C)(C)F)cn3C(C)C)cc2)n1. The second-order valence-corrected chi connectivity index (χ2v) is 7.92. The second-order valence-electron chi connectivity index (χ2n) is 7.92. The summed E-state index contributed by atoms with van der Waals surface area (Å²) in [5.41, 5.74) is 2.11. The van der Waals surface area contributed by atoms with Gasteiger partial charge >= 0.3 is 0 Å². The molecule has 28 heavy (non-hydrogen) atoms. The van der Waals surface area contributed by atoms with E-state index in [1.165, 1.54) is 13.8 Å². The second kappa shape index (κ2) is 7.70. The minimum Gasteiger partial charge on any atom is -0.366 e. The van der Waals surface area contributed by atoms with Crippen LogP contribution in [0.1, 0.15) is 56.4 Å². The molecule has 0 radical (unpaired) electrons. The smallest absolute Gasteiger partial charge is 0.148 e. The van der Waals surface area contributed by atoms with Crippen molar-refractivity contribution in [3.63, 3.8) is 0 Å². The van der Waals surface area contributed by atoms with Crippen LogP contribution in [0, 0.1) is 13.8 Å². The Hall–Kier alpha value is -2.76. The predicted octanol–water partition coefficient (Wildman–Crippen LogP) is 5.35. The van der Waals surface area contributed by atoms with Gasteiger partial charge in [-0.3, -0.25) is 0 Å². The van der Waals surface area contributed by atoms with E-state index in [0.29, 0.717) is 12.2 Å². The van der Waals surface area contributed by atoms with E-state index in [0.717, 1.165) is 34.2 Å². The van der Waals surface area contributed by atoms with Gasteiger partial charge in [0.1, 0.15) is 23.1 Å². The fourth-order valence-electron chi connectivity index (χ4n) is 2.95. The molecular weight excluding hydrogens is 353 g/mol. The van der Waals surface area contributed by atoms with Crippen molar-refractivity contribution in [1.29, 1.82) is 0 Å². The lowest BCUT2D eigenvalue weighted by Gasteiger charge is -2.12. The van der Waals surface area contributed by atoms with Crippen molar-refractivity contribution in [1.82, 2.24) is 19.5 Å². The summed E-state index contributed by atoms with van der Waals surface area (Å²) in [4.78, 5) is 13.2. The van der Waals surface area contributed by atoms with E-state index in [4.69, 9.17) is 0 Å². The van der Waals surface area contributed by atoms with Crippen LogP contribution in [0.4, 0.5) is 10.2 Å². The fourth-order valence-corrected chi connectivity index (χ4v) is 2.95. The fraction of sp³-hybridized carbons (Fsp3) is 0.409. The third-order valence-corrected chi connectivity index (χ3v) is 4.66. The summed E-state index contributed by atoms with van der Waals surface area (Å²) < 4.78 is 16.4. The van der Waals surface area contributed by atoms with Crippen LogP contribution in [0.15, 0.2) is 36.7 Å². The summed E-state index contributed by atoms with van der Waals surface area (Å²) >= 11 is 0. The van der Waals surface area contributed by atoms with Crippen LogP contribution < -0.4 is 5.32 Å². The summed E-state index contributed by atoms with van der Waals surface area (Å²) in [6.45, 7) is 11.8. The standard InChI is InChI=1S/C22H28FN5/c1-14(2)28-13-19(22(5,6)23)27-21(28)18-9-7-17(8-10-18)12-25-20-15(3)11-24-16(4)26-20/h7-11,13-14H,12H2,1-6H3,(H,24,25,26). The number of aryl methyl sites for hydroxylation is 2. The molecule has 1 N–H and O–H groups in total. The lowest BCUT2D eigenvalue weighted by molar-refractivity contribution is 0.215. The Balaban J connectivity index is 1.81. The summed E-state index contributed by atoms with van der Waals surface area (Å²) in [6.07, 6.45) is 3.64. The van der Waals surface area contributed by atoms with Crippen LogP contribution in [-0.4, -0.2) is 19.5 Å². The van der Waals surface area contributed by atoms with Gasteiger partial charge in [0.15, 0.2) is 0 Å². The van der Waals surface area contributed by atoms with E-state index in [1.807, 2.05) is 42.9 Å². The highest BCUT2D eigenvalue weighted by atomic mass is 19.1. The first kappa shape index (κ1) is 20.0. The Labute approximate surface area is 166 Å². The van der Waals surface area contributed by atoms with Crippen molar-refractivity contribution in [2.24, 2.45) is 0 Å². The molecule has 0 amide bonds. The quantitative estimate of drug-likeness (QED) is 0.625. The molecule has 0 aliphatic heterocycles. The number of imidazole rings is 1. The van der Waals surface area contributed by atoms with Crippen molar-refractivity contribution in [2.45, 2.75) is 59.8 Å². The van der Waals surface area contributed by atoms with Crippen LogP contribution in [0.2, 0.25) is 0 Å². The van der Waals surface area contributed by atoms with Gasteiger partial charge in [-0.25, -0.2) is 19.3 Å². The first-order valence-electron chi connectivity index (χ1n) is 9.57. The topological polar surface area (TPSA) is 55.6 Å². The number of aromatic nitrogens is 4. The lowest BCUT2D eigenvalue weighted by Crippen LogP contribution is -2.09. The van der Waals surface area contributed by atoms with Gasteiger partial charge in [-0.15, -0.1) is 0 Å². The number of hydrogen-bond donors (Lipinski definition) is 1. The van der Waals surface area contributed by atoms with Crippen molar-refractivity contribution in [2.75, 3.05) is 5.32 Å². The lowest BCUT2D eigenvalue weighted by atomic mass is 10.1. The van der Waals surface area contributed by atoms with Gasteiger partial charge in [-0.05, 0) is 47.1 Å². The number of halogens is 1. The molecule has 0 aliphatic carbocycles. The maximum atomic E-state index is 14.4. The molecule has 3 aromatic rings. The third kappa shape index (κ3) is 4.38. The monoisotopic (exact) mass is 381 g/mol. The average molecular weight is 381 g/mol. The highest BCUT2D eigenvalue weighted by molar-refractivity contribution is 5.57. The molecule has 148 valence electrons. The van der Waals surface area contributed by atoms with Crippen LogP contribution >= 0.6 is 0 Å². The first-order chi connectivity index (χ1) is 13.1. The Kier molecular flexibility index (Phi) is 5.49. The number of nitrogens with zero attached hydrogens (tertiary/aromatic N) is 4. The van der Waals surface area contributed by atoms with Crippen molar-refractivity contribution in [3.8, 4) is 11.4 Å². The third-order valence-electron chi connectivity index (χ3n) is 4.66. The number of benzene rings is 1. The van der Waals surface area contributed by atoms with Crippen LogP contribution in [0.25, 0.3) is 11.4 Å². The number of alkyl halides is 1. The van der Waals surface area contributed by atoms with Gasteiger partial charge in [0.25, 0.3) is 0 Å². The molecule has 3 rings (SSSR count). The van der Waals surface area contributed by atoms with E-state index in [-0.39, 0.29) is 6.04 Å². The van der Waals surface area contributed by atoms with Gasteiger partial charge in [0, 0.05) is 36.1 Å². The Morgan fingerprint density at radius 1 is 1.11 bits per heavy atom. The Morgan fingerprint density at radius 3 is 2.39 bits per heavy atom. The van der Waals surface area contributed by atoms with E-state index in [9.17, 15) is 4.39 Å². The molecule has 5 nitrogen and oxygen atoms in total. The maximum absolute atomic E-state index is 14.4. The van der Waals surface area contributed by atoms with Gasteiger partial charge in [-0.2, -0.15) is 0 Å². The summed E-state index contributed by atoms with van der Waals surface area (Å²) in [5.74, 6) is 2.38. The molecule has 0 aliphatic rings. The normalized spacial score (nSPS) is 11.9. The molecule has 0 atom stereocenters. The zero-order valence-corrected chi connectivity index (χ0v) is 17.4. The molecule has 0 unspecified atom stereocenters. The number of anilines is 1. The molecule has 1 aromatic carbocycles. The molecular formula is C22H28FN5. The first-order valence-corrected chi connectivity index (χ1v) is 9.57. The number of hydrogen-bond acceptors (Lipinski definition) is 4. The van der Waals surface area contributed by atoms with Gasteiger partial charge in [0.2, 0.25) is 0 Å². The molecule has 6 heteroatoms. The Bertz CT molecular complexity index is 952. The molecule has 0 fully saturated rings. The van der Waals surface area contributed by atoms with E-state index >= 15 is 0 Å². The van der Waals surface area contributed by atoms with Crippen LogP contribution in [-0.2, 0) is 12.2 Å². The molecule has 0 spiro atoms. The Morgan fingerprint density at radius 2 is 1.79 bits per heavy atom. The van der Waals surface area contributed by atoms with Crippen molar-refractivity contribution >= 4 is 5.82 Å². The molecule has 0 saturated carbocycles. The van der Waals surface area contributed by atoms with E-state index in [2.05, 4.69) is 46.2 Å². The van der Waals surface area contributed by atoms with Crippen molar-refractivity contribution < 1.29 is 4.39 Å². The zero-order chi connectivity index (χ0) is 20.5. The molecule has 2 heterocycles. The molecule has 0 saturated heterocycles. The van der Waals surface area contributed by atoms with E-state index < -0.39 is 5.67 Å². The predicted molar refractivity (Wildman–Crippen MR) is 111 cm³/mol. The van der Waals surface area contributed by atoms with Crippen LogP contribution in [0.3, 0.4) is 0 Å². The summed E-state index contributed by atoms with van der Waals surface area (Å²) in [7, 11) is 0. The number of rotatable bonds is 6. The minimum absolute atomic E-state index is 0.198.